The molecule has 1 N–H and O–H groups in total. The summed E-state index contributed by atoms with van der Waals surface area (Å²) in [5.41, 5.74) is 4.22. The average Bonchev–Trinajstić information content (AvgIpc) is 2.38. The van der Waals surface area contributed by atoms with E-state index < -0.39 is 5.97 Å². The fraction of sp³-hybridized carbons (Fsp3) is 0.278. The van der Waals surface area contributed by atoms with E-state index in [9.17, 15) is 9.90 Å². The molecule has 20 heavy (non-hydrogen) atoms. The summed E-state index contributed by atoms with van der Waals surface area (Å²) in [6.07, 6.45) is 0. The van der Waals surface area contributed by atoms with E-state index in [0.717, 1.165) is 22.3 Å². The zero-order valence-electron chi connectivity index (χ0n) is 12.4. The van der Waals surface area contributed by atoms with Gasteiger partial charge in [0.25, 0.3) is 0 Å². The Morgan fingerprint density at radius 2 is 1.65 bits per heavy atom. The summed E-state index contributed by atoms with van der Waals surface area (Å²) in [7, 11) is 0. The van der Waals surface area contributed by atoms with Crippen LogP contribution < -0.4 is 0 Å². The molecule has 0 saturated heterocycles. The maximum absolute atomic E-state index is 11.6. The molecule has 0 heterocycles. The van der Waals surface area contributed by atoms with Crippen molar-refractivity contribution in [1.29, 1.82) is 0 Å². The third kappa shape index (κ3) is 2.74. The lowest BCUT2D eigenvalue weighted by molar-refractivity contribution is 0.0694. The van der Waals surface area contributed by atoms with Crippen LogP contribution in [0.5, 0.6) is 0 Å². The van der Waals surface area contributed by atoms with Gasteiger partial charge in [0.15, 0.2) is 0 Å². The van der Waals surface area contributed by atoms with Crippen LogP contribution >= 0.6 is 0 Å². The van der Waals surface area contributed by atoms with E-state index in [4.69, 9.17) is 0 Å². The molecule has 0 unspecified atom stereocenters. The predicted molar refractivity (Wildman–Crippen MR) is 82.3 cm³/mol. The van der Waals surface area contributed by atoms with Crippen LogP contribution in [0.3, 0.4) is 0 Å². The van der Waals surface area contributed by atoms with Crippen LogP contribution in [0.25, 0.3) is 11.1 Å². The zero-order chi connectivity index (χ0) is 14.9. The monoisotopic (exact) mass is 268 g/mol. The molecule has 0 fully saturated rings. The number of hydrogen-bond donors (Lipinski definition) is 1. The maximum atomic E-state index is 11.6. The van der Waals surface area contributed by atoms with Crippen LogP contribution in [-0.2, 0) is 5.41 Å². The predicted octanol–water partition coefficient (Wildman–Crippen LogP) is 4.66. The summed E-state index contributed by atoms with van der Waals surface area (Å²) in [6.45, 7) is 8.15. The van der Waals surface area contributed by atoms with Gasteiger partial charge in [-0.05, 0) is 40.7 Å². The van der Waals surface area contributed by atoms with E-state index in [0.29, 0.717) is 5.56 Å². The molecule has 0 amide bonds. The van der Waals surface area contributed by atoms with Crippen molar-refractivity contribution in [3.05, 3.63) is 59.2 Å². The van der Waals surface area contributed by atoms with Crippen LogP contribution in [0.2, 0.25) is 0 Å². The van der Waals surface area contributed by atoms with Crippen molar-refractivity contribution in [3.8, 4) is 11.1 Å². The van der Waals surface area contributed by atoms with Crippen molar-refractivity contribution >= 4 is 5.97 Å². The Morgan fingerprint density at radius 1 is 1.05 bits per heavy atom. The van der Waals surface area contributed by atoms with Crippen molar-refractivity contribution in [1.82, 2.24) is 0 Å². The van der Waals surface area contributed by atoms with Crippen LogP contribution in [0.1, 0.15) is 42.3 Å². The van der Waals surface area contributed by atoms with E-state index in [1.165, 1.54) is 0 Å². The number of carbonyl (C=O) groups is 1. The fourth-order valence-electron chi connectivity index (χ4n) is 2.43. The van der Waals surface area contributed by atoms with Crippen LogP contribution in [0.4, 0.5) is 0 Å². The van der Waals surface area contributed by atoms with Gasteiger partial charge in [0.05, 0.1) is 5.56 Å². The van der Waals surface area contributed by atoms with Crippen molar-refractivity contribution < 1.29 is 9.90 Å². The molecule has 0 bridgehead atoms. The summed E-state index contributed by atoms with van der Waals surface area (Å²) >= 11 is 0. The van der Waals surface area contributed by atoms with Gasteiger partial charge >= 0.3 is 5.97 Å². The Bertz CT molecular complexity index is 634. The van der Waals surface area contributed by atoms with Gasteiger partial charge in [0.1, 0.15) is 0 Å². The molecule has 0 saturated carbocycles. The Kier molecular flexibility index (Phi) is 3.67. The topological polar surface area (TPSA) is 37.3 Å². The Balaban J connectivity index is 2.69. The van der Waals surface area contributed by atoms with Crippen molar-refractivity contribution in [2.45, 2.75) is 33.1 Å². The normalized spacial score (nSPS) is 11.4. The molecule has 2 aromatic carbocycles. The molecule has 2 nitrogen and oxygen atoms in total. The highest BCUT2D eigenvalue weighted by Gasteiger charge is 2.23. The standard InChI is InChI=1S/C18H20O2/c1-12-10-16(18(2,3)4)15(17(19)20)11-14(12)13-8-6-5-7-9-13/h5-11H,1-4H3,(H,19,20). The van der Waals surface area contributed by atoms with Crippen molar-refractivity contribution in [2.75, 3.05) is 0 Å². The lowest BCUT2D eigenvalue weighted by Crippen LogP contribution is -2.17. The van der Waals surface area contributed by atoms with E-state index in [2.05, 4.69) is 0 Å². The molecule has 0 atom stereocenters. The van der Waals surface area contributed by atoms with Crippen LogP contribution in [0, 0.1) is 6.92 Å². The number of benzene rings is 2. The molecule has 0 spiro atoms. The maximum Gasteiger partial charge on any atom is 0.336 e. The van der Waals surface area contributed by atoms with Crippen LogP contribution in [0.15, 0.2) is 42.5 Å². The number of aryl methyl sites for hydroxylation is 1. The second-order valence-corrected chi connectivity index (χ2v) is 6.13. The SMILES string of the molecule is Cc1cc(C(C)(C)C)c(C(=O)O)cc1-c1ccccc1. The molecule has 2 rings (SSSR count). The molecule has 104 valence electrons. The molecular formula is C18H20O2. The van der Waals surface area contributed by atoms with E-state index in [1.54, 1.807) is 6.07 Å². The average molecular weight is 268 g/mol. The summed E-state index contributed by atoms with van der Waals surface area (Å²) in [5.74, 6) is -0.868. The first kappa shape index (κ1) is 14.3. The second-order valence-electron chi connectivity index (χ2n) is 6.13. The minimum Gasteiger partial charge on any atom is -0.478 e. The minimum absolute atomic E-state index is 0.187. The summed E-state index contributed by atoms with van der Waals surface area (Å²) in [4.78, 5) is 11.6. The Morgan fingerprint density at radius 3 is 2.15 bits per heavy atom. The summed E-state index contributed by atoms with van der Waals surface area (Å²) in [6, 6.07) is 13.7. The lowest BCUT2D eigenvalue weighted by Gasteiger charge is -2.23. The lowest BCUT2D eigenvalue weighted by atomic mass is 9.81. The molecule has 2 heteroatoms. The molecular weight excluding hydrogens is 248 g/mol. The van der Waals surface area contributed by atoms with Gasteiger partial charge in [0, 0.05) is 0 Å². The van der Waals surface area contributed by atoms with Gasteiger partial charge in [-0.1, -0.05) is 57.2 Å². The highest BCUT2D eigenvalue weighted by Crippen LogP contribution is 2.32. The zero-order valence-corrected chi connectivity index (χ0v) is 12.4. The molecule has 0 aliphatic rings. The molecule has 2 aromatic rings. The largest absolute Gasteiger partial charge is 0.478 e. The molecule has 0 radical (unpaired) electrons. The van der Waals surface area contributed by atoms with E-state index >= 15 is 0 Å². The fourth-order valence-corrected chi connectivity index (χ4v) is 2.43. The highest BCUT2D eigenvalue weighted by atomic mass is 16.4. The third-order valence-electron chi connectivity index (χ3n) is 3.49. The Labute approximate surface area is 120 Å². The van der Waals surface area contributed by atoms with Gasteiger partial charge in [-0.3, -0.25) is 0 Å². The molecule has 0 aliphatic heterocycles. The second kappa shape index (κ2) is 5.12. The van der Waals surface area contributed by atoms with Gasteiger partial charge < -0.3 is 5.11 Å². The highest BCUT2D eigenvalue weighted by molar-refractivity contribution is 5.92. The number of rotatable bonds is 2. The molecule has 0 aliphatic carbocycles. The van der Waals surface area contributed by atoms with Crippen molar-refractivity contribution in [2.24, 2.45) is 0 Å². The Hall–Kier alpha value is -2.09. The van der Waals surface area contributed by atoms with E-state index in [1.807, 2.05) is 64.1 Å². The first-order valence-corrected chi connectivity index (χ1v) is 6.74. The van der Waals surface area contributed by atoms with Gasteiger partial charge in [0.2, 0.25) is 0 Å². The summed E-state index contributed by atoms with van der Waals surface area (Å²) < 4.78 is 0. The third-order valence-corrected chi connectivity index (χ3v) is 3.49. The van der Waals surface area contributed by atoms with Gasteiger partial charge in [-0.2, -0.15) is 0 Å². The van der Waals surface area contributed by atoms with Crippen LogP contribution in [-0.4, -0.2) is 11.1 Å². The number of aromatic carboxylic acids is 1. The number of carboxylic acids is 1. The first-order valence-electron chi connectivity index (χ1n) is 6.74. The van der Waals surface area contributed by atoms with Gasteiger partial charge in [-0.25, -0.2) is 4.79 Å². The van der Waals surface area contributed by atoms with E-state index in [-0.39, 0.29) is 5.41 Å². The van der Waals surface area contributed by atoms with Gasteiger partial charge in [-0.15, -0.1) is 0 Å². The first-order chi connectivity index (χ1) is 9.30. The summed E-state index contributed by atoms with van der Waals surface area (Å²) in [5, 5.41) is 9.49. The number of carboxylic acid groups (broad SMARTS) is 1. The minimum atomic E-state index is -0.868. The molecule has 0 aromatic heterocycles. The smallest absolute Gasteiger partial charge is 0.336 e. The quantitative estimate of drug-likeness (QED) is 0.860. The van der Waals surface area contributed by atoms with Crippen molar-refractivity contribution in [3.63, 3.8) is 0 Å². The number of hydrogen-bond acceptors (Lipinski definition) is 1.